The minimum Gasteiger partial charge on any atom is -0.208 e. The average Bonchev–Trinajstić information content (AvgIpc) is 0.725. The molecule has 0 amide bonds. The highest BCUT2D eigenvalue weighted by atomic mass is 15.0. The molecule has 22 aromatic rings. The van der Waals surface area contributed by atoms with E-state index in [9.17, 15) is 0 Å². The minimum atomic E-state index is 0.638. The number of aromatic nitrogens is 6. The van der Waals surface area contributed by atoms with Gasteiger partial charge in [-0.3, -0.25) is 0 Å². The predicted octanol–water partition coefficient (Wildman–Crippen LogP) is 26.9. The van der Waals surface area contributed by atoms with Gasteiger partial charge >= 0.3 is 0 Å². The molecule has 0 radical (unpaired) electrons. The van der Waals surface area contributed by atoms with E-state index in [-0.39, 0.29) is 0 Å². The van der Waals surface area contributed by atoms with Crippen LogP contribution in [0, 0.1) is 0 Å². The number of benzene rings is 20. The molecule has 0 aliphatic heterocycles. The van der Waals surface area contributed by atoms with Crippen LogP contribution in [0.15, 0.2) is 376 Å². The lowest BCUT2D eigenvalue weighted by Crippen LogP contribution is -2.01. The highest BCUT2D eigenvalue weighted by molar-refractivity contribution is 6.34. The van der Waals surface area contributed by atoms with E-state index in [1.54, 1.807) is 0 Å². The van der Waals surface area contributed by atoms with E-state index < -0.39 is 0 Å². The first-order valence-corrected chi connectivity index (χ1v) is 36.7. The average molecular weight is 1370 g/mol. The maximum Gasteiger partial charge on any atom is 0.164 e. The Kier molecular flexibility index (Phi) is 14.8. The fourth-order valence-electron chi connectivity index (χ4n) is 16.7. The van der Waals surface area contributed by atoms with Crippen LogP contribution in [0.5, 0.6) is 0 Å². The Balaban J connectivity index is 0.000000138. The molecule has 6 nitrogen and oxygen atoms in total. The molecule has 20 aromatic carbocycles. The molecule has 0 saturated heterocycles. The van der Waals surface area contributed by atoms with E-state index in [2.05, 4.69) is 376 Å². The summed E-state index contributed by atoms with van der Waals surface area (Å²) in [5.74, 6) is 3.88. The first-order chi connectivity index (χ1) is 53.5. The summed E-state index contributed by atoms with van der Waals surface area (Å²) in [6, 6.07) is 134. The molecule has 22 rings (SSSR count). The maximum atomic E-state index is 5.23. The summed E-state index contributed by atoms with van der Waals surface area (Å²) in [5.41, 5.74) is 10.3. The Bertz CT molecular complexity index is 7260. The fourth-order valence-corrected chi connectivity index (χ4v) is 16.7. The third-order valence-corrected chi connectivity index (χ3v) is 21.7. The van der Waals surface area contributed by atoms with Gasteiger partial charge in [0, 0.05) is 33.4 Å². The Hall–Kier alpha value is -14.5. The summed E-state index contributed by atoms with van der Waals surface area (Å²) in [5, 5.41) is 29.3. The fraction of sp³-hybridized carbons (Fsp3) is 0. The van der Waals surface area contributed by atoms with Crippen LogP contribution >= 0.6 is 0 Å². The standard InChI is InChI=1S/2C51H31N3/c1-3-20-36-32(14-1)16-12-28-44(36)50-52-49(53-51(54-50)45-29-13-17-33-15-2-4-21-37(33)45)35-19-11-18-34(30-35)46-31-47-40-24-6-5-22-38(40)39-23-7-9-26-42(39)48(47)43-27-10-8-25-41(43)46;1-3-14-34-28-38(26-24-32(34)12-1)50-52-49(53-51(54-50)39-27-25-33-13-2-4-15-35(33)29-39)37-17-11-16-36(30-37)46-31-47-42-20-6-5-18-40(42)41-19-7-9-22-44(41)48(47)45-23-10-8-21-43(45)46/h2*1-31H. The molecule has 0 bridgehead atoms. The molecule has 0 fully saturated rings. The Morgan fingerprint density at radius 3 is 0.759 bits per heavy atom. The van der Waals surface area contributed by atoms with Crippen LogP contribution in [0.4, 0.5) is 0 Å². The SMILES string of the molecule is c1cc(-c2nc(-c3ccc4ccccc4c3)nc(-c3ccc4ccccc4c3)n2)cc(-c2cc3c4ccccc4c4ccccc4c3c3ccccc23)c1.c1cc(-c2nc(-c3cccc4ccccc34)nc(-c3cccc4ccccc34)n2)cc(-c2cc3c4ccccc4c4ccccc4c3c3ccccc23)c1. The van der Waals surface area contributed by atoms with E-state index in [0.29, 0.717) is 34.9 Å². The van der Waals surface area contributed by atoms with Crippen molar-refractivity contribution < 1.29 is 0 Å². The van der Waals surface area contributed by atoms with E-state index in [0.717, 1.165) is 76.8 Å². The van der Waals surface area contributed by atoms with Gasteiger partial charge < -0.3 is 0 Å². The summed E-state index contributed by atoms with van der Waals surface area (Å²) >= 11 is 0. The predicted molar refractivity (Wildman–Crippen MR) is 453 cm³/mol. The third kappa shape index (κ3) is 10.6. The lowest BCUT2D eigenvalue weighted by atomic mass is 9.87. The monoisotopic (exact) mass is 1370 g/mol. The first kappa shape index (κ1) is 62.1. The van der Waals surface area contributed by atoms with Crippen LogP contribution in [0.2, 0.25) is 0 Å². The molecule has 2 heterocycles. The van der Waals surface area contributed by atoms with E-state index in [1.165, 1.54) is 108 Å². The summed E-state index contributed by atoms with van der Waals surface area (Å²) in [4.78, 5) is 31.1. The van der Waals surface area contributed by atoms with Crippen LogP contribution in [0.1, 0.15) is 0 Å². The molecule has 108 heavy (non-hydrogen) atoms. The van der Waals surface area contributed by atoms with E-state index >= 15 is 0 Å². The van der Waals surface area contributed by atoms with Crippen LogP contribution in [0.25, 0.3) is 220 Å². The highest BCUT2D eigenvalue weighted by Gasteiger charge is 2.22. The maximum absolute atomic E-state index is 5.23. The Morgan fingerprint density at radius 1 is 0.120 bits per heavy atom. The lowest BCUT2D eigenvalue weighted by Gasteiger charge is -2.16. The van der Waals surface area contributed by atoms with Gasteiger partial charge in [-0.2, -0.15) is 0 Å². The Labute approximate surface area is 621 Å². The van der Waals surface area contributed by atoms with Gasteiger partial charge in [0.25, 0.3) is 0 Å². The van der Waals surface area contributed by atoms with Gasteiger partial charge in [0.15, 0.2) is 34.9 Å². The van der Waals surface area contributed by atoms with E-state index in [4.69, 9.17) is 29.9 Å². The second kappa shape index (κ2) is 25.7. The molecule has 0 aliphatic rings. The molecule has 0 saturated carbocycles. The summed E-state index contributed by atoms with van der Waals surface area (Å²) in [6.07, 6.45) is 0. The number of hydrogen-bond donors (Lipinski definition) is 0. The van der Waals surface area contributed by atoms with Gasteiger partial charge in [0.05, 0.1) is 0 Å². The summed E-state index contributed by atoms with van der Waals surface area (Å²) < 4.78 is 0. The topological polar surface area (TPSA) is 77.3 Å². The quantitative estimate of drug-likeness (QED) is 0.141. The van der Waals surface area contributed by atoms with Crippen molar-refractivity contribution in [3.63, 3.8) is 0 Å². The first-order valence-electron chi connectivity index (χ1n) is 36.7. The zero-order valence-corrected chi connectivity index (χ0v) is 58.5. The van der Waals surface area contributed by atoms with Crippen LogP contribution in [-0.4, -0.2) is 29.9 Å². The van der Waals surface area contributed by atoms with Gasteiger partial charge in [-0.25, -0.2) is 29.9 Å². The molecule has 0 unspecified atom stereocenters. The number of fused-ring (bicyclic) bond motifs is 20. The third-order valence-electron chi connectivity index (χ3n) is 21.7. The van der Waals surface area contributed by atoms with Crippen molar-refractivity contribution in [3.05, 3.63) is 376 Å². The van der Waals surface area contributed by atoms with Crippen molar-refractivity contribution in [2.75, 3.05) is 0 Å². The van der Waals surface area contributed by atoms with Gasteiger partial charge in [-0.1, -0.05) is 340 Å². The van der Waals surface area contributed by atoms with Crippen molar-refractivity contribution in [2.24, 2.45) is 0 Å². The molecular formula is C102H62N6. The number of nitrogens with zero attached hydrogens (tertiary/aromatic N) is 6. The van der Waals surface area contributed by atoms with Crippen molar-refractivity contribution in [1.82, 2.24) is 29.9 Å². The second-order valence-electron chi connectivity index (χ2n) is 27.9. The molecule has 6 heteroatoms. The van der Waals surface area contributed by atoms with Crippen LogP contribution in [-0.2, 0) is 0 Å². The van der Waals surface area contributed by atoms with Gasteiger partial charge in [0.2, 0.25) is 0 Å². The van der Waals surface area contributed by atoms with Crippen molar-refractivity contribution in [1.29, 1.82) is 0 Å². The minimum absolute atomic E-state index is 0.638. The number of rotatable bonds is 8. The largest absolute Gasteiger partial charge is 0.208 e. The van der Waals surface area contributed by atoms with Crippen molar-refractivity contribution in [3.8, 4) is 90.6 Å². The Morgan fingerprint density at radius 2 is 0.370 bits per heavy atom. The lowest BCUT2D eigenvalue weighted by molar-refractivity contribution is 1.08. The second-order valence-corrected chi connectivity index (χ2v) is 27.9. The van der Waals surface area contributed by atoms with Crippen molar-refractivity contribution >= 4 is 129 Å². The summed E-state index contributed by atoms with van der Waals surface area (Å²) in [6.45, 7) is 0. The smallest absolute Gasteiger partial charge is 0.164 e. The molecule has 0 aliphatic carbocycles. The zero-order valence-electron chi connectivity index (χ0n) is 58.5. The van der Waals surface area contributed by atoms with Crippen LogP contribution < -0.4 is 0 Å². The normalized spacial score (nSPS) is 11.7. The highest BCUT2D eigenvalue weighted by Crippen LogP contribution is 2.46. The molecule has 0 spiro atoms. The van der Waals surface area contributed by atoms with Gasteiger partial charge in [0.1, 0.15) is 0 Å². The molecule has 500 valence electrons. The molecule has 2 aromatic heterocycles. The summed E-state index contributed by atoms with van der Waals surface area (Å²) in [7, 11) is 0. The van der Waals surface area contributed by atoms with Crippen molar-refractivity contribution in [2.45, 2.75) is 0 Å². The molecule has 0 N–H and O–H groups in total. The van der Waals surface area contributed by atoms with E-state index in [1.807, 2.05) is 0 Å². The number of hydrogen-bond acceptors (Lipinski definition) is 6. The molecular weight excluding hydrogens is 1310 g/mol. The van der Waals surface area contributed by atoms with Crippen LogP contribution in [0.3, 0.4) is 0 Å². The van der Waals surface area contributed by atoms with Gasteiger partial charge in [-0.15, -0.1) is 0 Å². The molecule has 0 atom stereocenters. The zero-order chi connectivity index (χ0) is 71.2. The van der Waals surface area contributed by atoms with Gasteiger partial charge in [-0.05, 0) is 188 Å².